The summed E-state index contributed by atoms with van der Waals surface area (Å²) in [5.74, 6) is 0.699. The van der Waals surface area contributed by atoms with Crippen molar-refractivity contribution in [1.29, 1.82) is 0 Å². The molecule has 0 aliphatic heterocycles. The van der Waals surface area contributed by atoms with Crippen LogP contribution in [0.4, 0.5) is 4.39 Å². The molecule has 0 saturated heterocycles. The van der Waals surface area contributed by atoms with Crippen molar-refractivity contribution in [2.45, 2.75) is 25.8 Å². The van der Waals surface area contributed by atoms with Gasteiger partial charge in [-0.15, -0.1) is 0 Å². The van der Waals surface area contributed by atoms with Crippen molar-refractivity contribution >= 4 is 5.91 Å². The van der Waals surface area contributed by atoms with Gasteiger partial charge in [-0.25, -0.2) is 4.39 Å². The second kappa shape index (κ2) is 7.34. The zero-order chi connectivity index (χ0) is 17.7. The quantitative estimate of drug-likeness (QED) is 0.882. The minimum Gasteiger partial charge on any atom is -0.493 e. The van der Waals surface area contributed by atoms with Crippen molar-refractivity contribution in [1.82, 2.24) is 5.32 Å². The Morgan fingerprint density at radius 1 is 1.08 bits per heavy atom. The van der Waals surface area contributed by atoms with Crippen LogP contribution in [0.2, 0.25) is 0 Å². The highest BCUT2D eigenvalue weighted by Gasteiger charge is 2.24. The van der Waals surface area contributed by atoms with Gasteiger partial charge in [-0.1, -0.05) is 18.2 Å². The highest BCUT2D eigenvalue weighted by Crippen LogP contribution is 2.32. The van der Waals surface area contributed by atoms with Crippen molar-refractivity contribution in [3.63, 3.8) is 0 Å². The number of amides is 1. The molecule has 5 heteroatoms. The van der Waals surface area contributed by atoms with E-state index >= 15 is 0 Å². The van der Waals surface area contributed by atoms with E-state index in [0.29, 0.717) is 17.1 Å². The lowest BCUT2D eigenvalue weighted by Crippen LogP contribution is -2.41. The normalized spacial score (nSPS) is 11.0. The van der Waals surface area contributed by atoms with Gasteiger partial charge in [0.25, 0.3) is 0 Å². The van der Waals surface area contributed by atoms with Crippen LogP contribution in [0.3, 0.4) is 0 Å². The zero-order valence-corrected chi connectivity index (χ0v) is 14.4. The lowest BCUT2D eigenvalue weighted by molar-refractivity contribution is -0.122. The molecule has 0 atom stereocenters. The third-order valence-corrected chi connectivity index (χ3v) is 3.81. The van der Waals surface area contributed by atoms with E-state index in [0.717, 1.165) is 5.56 Å². The summed E-state index contributed by atoms with van der Waals surface area (Å²) in [5.41, 5.74) is 0.910. The molecule has 0 heterocycles. The number of hydrogen-bond acceptors (Lipinski definition) is 3. The number of hydrogen-bond donors (Lipinski definition) is 1. The Labute approximate surface area is 141 Å². The van der Waals surface area contributed by atoms with Crippen LogP contribution in [0.5, 0.6) is 11.5 Å². The molecule has 2 aromatic rings. The smallest absolute Gasteiger partial charge is 0.225 e. The van der Waals surface area contributed by atoms with E-state index in [-0.39, 0.29) is 18.1 Å². The molecule has 0 unspecified atom stereocenters. The highest BCUT2D eigenvalue weighted by molar-refractivity contribution is 5.79. The second-order valence-electron chi connectivity index (χ2n) is 6.05. The van der Waals surface area contributed by atoms with Crippen molar-refractivity contribution < 1.29 is 18.7 Å². The fourth-order valence-corrected chi connectivity index (χ4v) is 2.52. The number of carbonyl (C=O) groups is 1. The summed E-state index contributed by atoms with van der Waals surface area (Å²) in [7, 11) is 3.14. The van der Waals surface area contributed by atoms with Gasteiger partial charge in [-0.2, -0.15) is 0 Å². The maximum Gasteiger partial charge on any atom is 0.225 e. The van der Waals surface area contributed by atoms with E-state index in [1.54, 1.807) is 32.4 Å². The molecule has 0 bridgehead atoms. The number of nitrogens with one attached hydrogen (secondary N) is 1. The summed E-state index contributed by atoms with van der Waals surface area (Å²) >= 11 is 0. The highest BCUT2D eigenvalue weighted by atomic mass is 19.1. The van der Waals surface area contributed by atoms with E-state index in [1.165, 1.54) is 12.1 Å². The standard InChI is InChI=1S/C19H22FNO3/c1-19(2,14-8-9-16(23-3)17(12-14)24-4)21-18(22)11-13-6-5-7-15(20)10-13/h5-10,12H,11H2,1-4H3,(H,21,22). The topological polar surface area (TPSA) is 47.6 Å². The van der Waals surface area contributed by atoms with Gasteiger partial charge in [0.2, 0.25) is 5.91 Å². The summed E-state index contributed by atoms with van der Waals surface area (Å²) in [4.78, 5) is 12.3. The minimum absolute atomic E-state index is 0.120. The van der Waals surface area contributed by atoms with Gasteiger partial charge in [0, 0.05) is 0 Å². The van der Waals surface area contributed by atoms with Crippen molar-refractivity contribution in [2.24, 2.45) is 0 Å². The van der Waals surface area contributed by atoms with E-state index < -0.39 is 5.54 Å². The van der Waals surface area contributed by atoms with Crippen LogP contribution in [0.25, 0.3) is 0 Å². The lowest BCUT2D eigenvalue weighted by Gasteiger charge is -2.27. The summed E-state index contributed by atoms with van der Waals surface area (Å²) in [6.45, 7) is 3.80. The van der Waals surface area contributed by atoms with Crippen LogP contribution in [0.15, 0.2) is 42.5 Å². The minimum atomic E-state index is -0.607. The molecule has 0 spiro atoms. The fourth-order valence-electron chi connectivity index (χ4n) is 2.52. The Morgan fingerprint density at radius 3 is 2.42 bits per heavy atom. The molecular weight excluding hydrogens is 309 g/mol. The number of ether oxygens (including phenoxy) is 2. The molecule has 1 amide bonds. The third-order valence-electron chi connectivity index (χ3n) is 3.81. The van der Waals surface area contributed by atoms with Crippen molar-refractivity contribution in [2.75, 3.05) is 14.2 Å². The number of methoxy groups -OCH3 is 2. The van der Waals surface area contributed by atoms with Gasteiger partial charge >= 0.3 is 0 Å². The first-order chi connectivity index (χ1) is 11.4. The summed E-state index contributed by atoms with van der Waals surface area (Å²) < 4.78 is 23.8. The number of carbonyl (C=O) groups excluding carboxylic acids is 1. The van der Waals surface area contributed by atoms with Gasteiger partial charge in [0.15, 0.2) is 11.5 Å². The van der Waals surface area contributed by atoms with Gasteiger partial charge in [0.1, 0.15) is 5.82 Å². The molecule has 24 heavy (non-hydrogen) atoms. The van der Waals surface area contributed by atoms with Gasteiger partial charge < -0.3 is 14.8 Å². The molecule has 1 N–H and O–H groups in total. The molecule has 0 aliphatic rings. The Morgan fingerprint density at radius 2 is 1.79 bits per heavy atom. The molecular formula is C19H22FNO3. The van der Waals surface area contributed by atoms with Crippen molar-refractivity contribution in [3.05, 3.63) is 59.4 Å². The number of benzene rings is 2. The van der Waals surface area contributed by atoms with Crippen LogP contribution < -0.4 is 14.8 Å². The van der Waals surface area contributed by atoms with Crippen molar-refractivity contribution in [3.8, 4) is 11.5 Å². The Hall–Kier alpha value is -2.56. The molecule has 0 saturated carbocycles. The van der Waals surface area contributed by atoms with E-state index in [2.05, 4.69) is 5.32 Å². The first kappa shape index (κ1) is 17.8. The molecule has 0 aromatic heterocycles. The van der Waals surface area contributed by atoms with Gasteiger partial charge in [-0.05, 0) is 49.2 Å². The number of rotatable bonds is 6. The first-order valence-corrected chi connectivity index (χ1v) is 7.63. The SMILES string of the molecule is COc1ccc(C(C)(C)NC(=O)Cc2cccc(F)c2)cc1OC. The van der Waals surface area contributed by atoms with Crippen LogP contribution in [-0.2, 0) is 16.8 Å². The van der Waals surface area contributed by atoms with Crippen LogP contribution in [0.1, 0.15) is 25.0 Å². The van der Waals surface area contributed by atoms with Gasteiger partial charge in [-0.3, -0.25) is 4.79 Å². The molecule has 0 fully saturated rings. The molecule has 0 radical (unpaired) electrons. The lowest BCUT2D eigenvalue weighted by atomic mass is 9.93. The predicted molar refractivity (Wildman–Crippen MR) is 90.8 cm³/mol. The summed E-state index contributed by atoms with van der Waals surface area (Å²) in [6, 6.07) is 11.6. The van der Waals surface area contributed by atoms with Crippen LogP contribution >= 0.6 is 0 Å². The maximum atomic E-state index is 13.2. The Kier molecular flexibility index (Phi) is 5.44. The van der Waals surface area contributed by atoms with E-state index in [9.17, 15) is 9.18 Å². The van der Waals surface area contributed by atoms with Crippen LogP contribution in [-0.4, -0.2) is 20.1 Å². The van der Waals surface area contributed by atoms with Gasteiger partial charge in [0.05, 0.1) is 26.2 Å². The monoisotopic (exact) mass is 331 g/mol. The molecule has 128 valence electrons. The first-order valence-electron chi connectivity index (χ1n) is 7.63. The summed E-state index contributed by atoms with van der Waals surface area (Å²) in [6.07, 6.45) is 0.120. The average Bonchev–Trinajstić information content (AvgIpc) is 2.53. The average molecular weight is 331 g/mol. The van der Waals surface area contributed by atoms with E-state index in [4.69, 9.17) is 9.47 Å². The molecule has 4 nitrogen and oxygen atoms in total. The van der Waals surface area contributed by atoms with Crippen LogP contribution in [0, 0.1) is 5.82 Å². The summed E-state index contributed by atoms with van der Waals surface area (Å²) in [5, 5.41) is 2.97. The maximum absolute atomic E-state index is 13.2. The number of halogens is 1. The predicted octanol–water partition coefficient (Wildman–Crippen LogP) is 3.44. The van der Waals surface area contributed by atoms with E-state index in [1.807, 2.05) is 26.0 Å². The Balaban J connectivity index is 2.13. The molecule has 2 aromatic carbocycles. The third kappa shape index (κ3) is 4.25. The fraction of sp³-hybridized carbons (Fsp3) is 0.316. The molecule has 0 aliphatic carbocycles. The second-order valence-corrected chi connectivity index (χ2v) is 6.05. The molecule has 2 rings (SSSR count). The zero-order valence-electron chi connectivity index (χ0n) is 14.4. The largest absolute Gasteiger partial charge is 0.493 e. The Bertz CT molecular complexity index is 728.